The standard InChI is InChI=1S/C7H16O5S/c1-4-11-7(12-5-2)6(3)13(8,9)10/h6-7H,4-5H2,1-3H3,(H,8,9,10). The van der Waals surface area contributed by atoms with Crippen LogP contribution in [0.5, 0.6) is 0 Å². The Hall–Kier alpha value is -0.170. The molecular weight excluding hydrogens is 196 g/mol. The first-order valence-electron chi connectivity index (χ1n) is 4.13. The van der Waals surface area contributed by atoms with Crippen molar-refractivity contribution in [3.63, 3.8) is 0 Å². The van der Waals surface area contributed by atoms with Gasteiger partial charge in [-0.2, -0.15) is 8.42 Å². The summed E-state index contributed by atoms with van der Waals surface area (Å²) in [6, 6.07) is 0. The van der Waals surface area contributed by atoms with Crippen LogP contribution in [-0.2, 0) is 19.6 Å². The lowest BCUT2D eigenvalue weighted by molar-refractivity contribution is -0.135. The highest BCUT2D eigenvalue weighted by atomic mass is 32.2. The fourth-order valence-electron chi connectivity index (χ4n) is 0.788. The molecule has 0 spiro atoms. The molecule has 0 radical (unpaired) electrons. The summed E-state index contributed by atoms with van der Waals surface area (Å²) in [5.74, 6) is 0. The van der Waals surface area contributed by atoms with E-state index in [-0.39, 0.29) is 0 Å². The van der Waals surface area contributed by atoms with Crippen LogP contribution in [0.15, 0.2) is 0 Å². The molecule has 0 fully saturated rings. The van der Waals surface area contributed by atoms with Gasteiger partial charge in [0.05, 0.1) is 0 Å². The summed E-state index contributed by atoms with van der Waals surface area (Å²) in [5.41, 5.74) is 0. The van der Waals surface area contributed by atoms with Crippen LogP contribution in [0.4, 0.5) is 0 Å². The largest absolute Gasteiger partial charge is 0.351 e. The molecule has 80 valence electrons. The van der Waals surface area contributed by atoms with E-state index >= 15 is 0 Å². The second-order valence-electron chi connectivity index (χ2n) is 2.50. The highest BCUT2D eigenvalue weighted by molar-refractivity contribution is 7.86. The molecule has 0 saturated heterocycles. The Morgan fingerprint density at radius 2 is 1.62 bits per heavy atom. The molecule has 6 heteroatoms. The van der Waals surface area contributed by atoms with Crippen molar-refractivity contribution in [3.05, 3.63) is 0 Å². The van der Waals surface area contributed by atoms with E-state index in [0.29, 0.717) is 13.2 Å². The lowest BCUT2D eigenvalue weighted by Crippen LogP contribution is -2.35. The van der Waals surface area contributed by atoms with Gasteiger partial charge in [-0.15, -0.1) is 0 Å². The lowest BCUT2D eigenvalue weighted by Gasteiger charge is -2.20. The Balaban J connectivity index is 4.36. The minimum Gasteiger partial charge on any atom is -0.351 e. The number of ether oxygens (including phenoxy) is 2. The van der Waals surface area contributed by atoms with E-state index in [1.54, 1.807) is 13.8 Å². The van der Waals surface area contributed by atoms with Crippen molar-refractivity contribution in [1.29, 1.82) is 0 Å². The molecule has 1 atom stereocenters. The molecule has 0 bridgehead atoms. The van der Waals surface area contributed by atoms with Gasteiger partial charge < -0.3 is 9.47 Å². The van der Waals surface area contributed by atoms with Crippen LogP contribution in [0, 0.1) is 0 Å². The van der Waals surface area contributed by atoms with Crippen molar-refractivity contribution in [2.45, 2.75) is 32.3 Å². The van der Waals surface area contributed by atoms with E-state index in [4.69, 9.17) is 14.0 Å². The smallest absolute Gasteiger partial charge is 0.272 e. The van der Waals surface area contributed by atoms with Gasteiger partial charge in [-0.25, -0.2) is 0 Å². The van der Waals surface area contributed by atoms with Gasteiger partial charge in [0.2, 0.25) is 0 Å². The average Bonchev–Trinajstić information content (AvgIpc) is 2.01. The van der Waals surface area contributed by atoms with E-state index < -0.39 is 21.7 Å². The molecule has 0 heterocycles. The summed E-state index contributed by atoms with van der Waals surface area (Å²) >= 11 is 0. The average molecular weight is 212 g/mol. The van der Waals surface area contributed by atoms with E-state index in [1.807, 2.05) is 0 Å². The van der Waals surface area contributed by atoms with Crippen LogP contribution < -0.4 is 0 Å². The molecule has 0 aliphatic carbocycles. The summed E-state index contributed by atoms with van der Waals surface area (Å²) in [7, 11) is -4.10. The molecule has 0 aromatic heterocycles. The van der Waals surface area contributed by atoms with Crippen molar-refractivity contribution < 1.29 is 22.4 Å². The van der Waals surface area contributed by atoms with Crippen molar-refractivity contribution in [2.24, 2.45) is 0 Å². The number of hydrogen-bond acceptors (Lipinski definition) is 4. The molecule has 1 unspecified atom stereocenters. The topological polar surface area (TPSA) is 72.8 Å². The van der Waals surface area contributed by atoms with Crippen LogP contribution in [-0.4, -0.2) is 37.7 Å². The second kappa shape index (κ2) is 5.54. The van der Waals surface area contributed by atoms with Gasteiger partial charge in [0.15, 0.2) is 6.29 Å². The van der Waals surface area contributed by atoms with Crippen molar-refractivity contribution in [1.82, 2.24) is 0 Å². The molecule has 0 aromatic carbocycles. The predicted octanol–water partition coefficient (Wildman–Crippen LogP) is 0.662. The Bertz CT molecular complexity index is 217. The van der Waals surface area contributed by atoms with Gasteiger partial charge in [0, 0.05) is 13.2 Å². The second-order valence-corrected chi connectivity index (χ2v) is 4.27. The normalized spacial score (nSPS) is 14.8. The summed E-state index contributed by atoms with van der Waals surface area (Å²) in [5, 5.41) is -1.06. The van der Waals surface area contributed by atoms with E-state index in [1.165, 1.54) is 6.92 Å². The molecule has 0 rings (SSSR count). The Morgan fingerprint density at radius 3 is 1.85 bits per heavy atom. The summed E-state index contributed by atoms with van der Waals surface area (Å²) in [4.78, 5) is 0. The zero-order valence-corrected chi connectivity index (χ0v) is 8.87. The molecule has 0 aromatic rings. The fourth-order valence-corrected chi connectivity index (χ4v) is 1.23. The first-order chi connectivity index (χ1) is 5.93. The molecule has 13 heavy (non-hydrogen) atoms. The molecule has 0 aliphatic rings. The SMILES string of the molecule is CCOC(OCC)C(C)S(=O)(=O)O. The fraction of sp³-hybridized carbons (Fsp3) is 1.00. The first-order valence-corrected chi connectivity index (χ1v) is 5.63. The summed E-state index contributed by atoms with van der Waals surface area (Å²) < 4.78 is 40.2. The molecular formula is C7H16O5S. The zero-order valence-electron chi connectivity index (χ0n) is 8.06. The third-order valence-corrected chi connectivity index (χ3v) is 2.68. The van der Waals surface area contributed by atoms with Gasteiger partial charge in [-0.3, -0.25) is 4.55 Å². The van der Waals surface area contributed by atoms with Gasteiger partial charge in [0.1, 0.15) is 5.25 Å². The van der Waals surface area contributed by atoms with Gasteiger partial charge in [-0.1, -0.05) is 0 Å². The van der Waals surface area contributed by atoms with E-state index in [0.717, 1.165) is 0 Å². The number of hydrogen-bond donors (Lipinski definition) is 1. The maximum Gasteiger partial charge on any atom is 0.272 e. The zero-order chi connectivity index (χ0) is 10.5. The van der Waals surface area contributed by atoms with E-state index in [2.05, 4.69) is 0 Å². The quantitative estimate of drug-likeness (QED) is 0.517. The van der Waals surface area contributed by atoms with Crippen LogP contribution in [0.1, 0.15) is 20.8 Å². The Labute approximate surface area is 78.8 Å². The summed E-state index contributed by atoms with van der Waals surface area (Å²) in [6.45, 7) is 5.46. The molecule has 0 amide bonds. The van der Waals surface area contributed by atoms with Gasteiger partial charge in [0.25, 0.3) is 10.1 Å². The van der Waals surface area contributed by atoms with Crippen LogP contribution in [0.25, 0.3) is 0 Å². The van der Waals surface area contributed by atoms with Crippen molar-refractivity contribution in [3.8, 4) is 0 Å². The predicted molar refractivity (Wildman–Crippen MR) is 48.1 cm³/mol. The minimum atomic E-state index is -4.10. The first kappa shape index (κ1) is 12.8. The molecule has 0 saturated carbocycles. The summed E-state index contributed by atoms with van der Waals surface area (Å²) in [6.07, 6.45) is -0.898. The van der Waals surface area contributed by atoms with Crippen LogP contribution >= 0.6 is 0 Å². The highest BCUT2D eigenvalue weighted by Crippen LogP contribution is 2.09. The van der Waals surface area contributed by atoms with E-state index in [9.17, 15) is 8.42 Å². The van der Waals surface area contributed by atoms with Crippen molar-refractivity contribution in [2.75, 3.05) is 13.2 Å². The maximum atomic E-state index is 10.7. The molecule has 5 nitrogen and oxygen atoms in total. The molecule has 1 N–H and O–H groups in total. The van der Waals surface area contributed by atoms with Crippen molar-refractivity contribution >= 4 is 10.1 Å². The Morgan fingerprint density at radius 1 is 1.23 bits per heavy atom. The van der Waals surface area contributed by atoms with Gasteiger partial charge >= 0.3 is 0 Å². The highest BCUT2D eigenvalue weighted by Gasteiger charge is 2.28. The third-order valence-electron chi connectivity index (χ3n) is 1.51. The monoisotopic (exact) mass is 212 g/mol. The van der Waals surface area contributed by atoms with Gasteiger partial charge in [-0.05, 0) is 20.8 Å². The van der Waals surface area contributed by atoms with Crippen LogP contribution in [0.2, 0.25) is 0 Å². The maximum absolute atomic E-state index is 10.7. The third kappa shape index (κ3) is 4.56. The Kier molecular flexibility index (Phi) is 5.46. The molecule has 0 aliphatic heterocycles. The number of rotatable bonds is 6. The lowest BCUT2D eigenvalue weighted by atomic mass is 10.4. The minimum absolute atomic E-state index is 0.338. The van der Waals surface area contributed by atoms with Crippen LogP contribution in [0.3, 0.4) is 0 Å².